The van der Waals surface area contributed by atoms with Crippen LogP contribution in [0.1, 0.15) is 27.3 Å². The van der Waals surface area contributed by atoms with Crippen LogP contribution in [-0.2, 0) is 6.54 Å². The number of hydrogen-bond acceptors (Lipinski definition) is 3. The van der Waals surface area contributed by atoms with E-state index < -0.39 is 0 Å². The van der Waals surface area contributed by atoms with E-state index in [1.165, 1.54) is 0 Å². The van der Waals surface area contributed by atoms with Crippen LogP contribution in [-0.4, -0.2) is 20.7 Å². The predicted octanol–water partition coefficient (Wildman–Crippen LogP) is 3.20. The number of carbonyl (C=O) groups excluding carboxylic acids is 1. The van der Waals surface area contributed by atoms with Gasteiger partial charge in [-0.1, -0.05) is 30.3 Å². The van der Waals surface area contributed by atoms with Crippen molar-refractivity contribution in [3.63, 3.8) is 0 Å². The lowest BCUT2D eigenvalue weighted by Gasteiger charge is -2.10. The molecule has 0 bridgehead atoms. The fourth-order valence-corrected chi connectivity index (χ4v) is 2.42. The molecule has 3 rings (SSSR count). The van der Waals surface area contributed by atoms with Crippen LogP contribution in [0.2, 0.25) is 0 Å². The molecule has 23 heavy (non-hydrogen) atoms. The summed E-state index contributed by atoms with van der Waals surface area (Å²) in [5, 5.41) is 7.15. The van der Waals surface area contributed by atoms with Crippen molar-refractivity contribution in [2.45, 2.75) is 20.4 Å². The Labute approximate surface area is 135 Å². The van der Waals surface area contributed by atoms with E-state index in [-0.39, 0.29) is 5.91 Å². The van der Waals surface area contributed by atoms with Crippen molar-refractivity contribution in [2.75, 3.05) is 5.32 Å². The van der Waals surface area contributed by atoms with Gasteiger partial charge in [-0.15, -0.1) is 0 Å². The first kappa shape index (κ1) is 15.0. The second-order valence-corrected chi connectivity index (χ2v) is 5.45. The van der Waals surface area contributed by atoms with Crippen molar-refractivity contribution in [3.8, 4) is 0 Å². The third-order valence-electron chi connectivity index (χ3n) is 3.62. The lowest BCUT2D eigenvalue weighted by Crippen LogP contribution is -2.19. The van der Waals surface area contributed by atoms with Crippen molar-refractivity contribution in [1.29, 1.82) is 0 Å². The largest absolute Gasteiger partial charge is 0.319 e. The molecule has 0 spiro atoms. The van der Waals surface area contributed by atoms with Crippen molar-refractivity contribution in [1.82, 2.24) is 14.8 Å². The third kappa shape index (κ3) is 3.45. The number of aryl methyl sites for hydroxylation is 2. The number of anilines is 1. The van der Waals surface area contributed by atoms with Crippen molar-refractivity contribution in [3.05, 3.63) is 77.4 Å². The zero-order chi connectivity index (χ0) is 16.2. The Kier molecular flexibility index (Phi) is 4.19. The Morgan fingerprint density at radius 1 is 1.17 bits per heavy atom. The highest BCUT2D eigenvalue weighted by atomic mass is 16.2. The number of aromatic nitrogens is 3. The molecule has 2 aromatic heterocycles. The van der Waals surface area contributed by atoms with Gasteiger partial charge in [-0.3, -0.25) is 14.5 Å². The zero-order valence-electron chi connectivity index (χ0n) is 13.2. The fourth-order valence-electron chi connectivity index (χ4n) is 2.42. The van der Waals surface area contributed by atoms with E-state index in [4.69, 9.17) is 0 Å². The Hall–Kier alpha value is -2.95. The number of nitrogens with one attached hydrogen (secondary N) is 1. The van der Waals surface area contributed by atoms with Crippen molar-refractivity contribution in [2.24, 2.45) is 0 Å². The van der Waals surface area contributed by atoms with E-state index in [9.17, 15) is 4.79 Å². The maximum absolute atomic E-state index is 12.5. The first-order chi connectivity index (χ1) is 11.1. The van der Waals surface area contributed by atoms with Gasteiger partial charge in [0.15, 0.2) is 0 Å². The first-order valence-electron chi connectivity index (χ1n) is 7.44. The third-order valence-corrected chi connectivity index (χ3v) is 3.62. The summed E-state index contributed by atoms with van der Waals surface area (Å²) in [6.07, 6.45) is 3.32. The highest BCUT2D eigenvalue weighted by Crippen LogP contribution is 2.15. The minimum atomic E-state index is -0.188. The van der Waals surface area contributed by atoms with E-state index in [1.54, 1.807) is 23.1 Å². The summed E-state index contributed by atoms with van der Waals surface area (Å²) >= 11 is 0. The predicted molar refractivity (Wildman–Crippen MR) is 89.4 cm³/mol. The quantitative estimate of drug-likeness (QED) is 0.805. The summed E-state index contributed by atoms with van der Waals surface area (Å²) in [6.45, 7) is 4.43. The topological polar surface area (TPSA) is 59.8 Å². The summed E-state index contributed by atoms with van der Waals surface area (Å²) < 4.78 is 1.70. The van der Waals surface area contributed by atoms with Gasteiger partial charge in [-0.05, 0) is 37.1 Å². The lowest BCUT2D eigenvalue weighted by atomic mass is 10.2. The molecule has 1 amide bonds. The van der Waals surface area contributed by atoms with Crippen LogP contribution in [0.15, 0.2) is 54.9 Å². The molecule has 0 atom stereocenters. The number of amides is 1. The van der Waals surface area contributed by atoms with Gasteiger partial charge in [0, 0.05) is 11.9 Å². The molecule has 0 fully saturated rings. The molecule has 0 radical (unpaired) electrons. The van der Waals surface area contributed by atoms with Gasteiger partial charge in [0.05, 0.1) is 18.4 Å². The van der Waals surface area contributed by atoms with Crippen LogP contribution in [0, 0.1) is 13.8 Å². The van der Waals surface area contributed by atoms with E-state index in [0.29, 0.717) is 17.9 Å². The molecule has 3 aromatic rings. The van der Waals surface area contributed by atoms with Crippen molar-refractivity contribution < 1.29 is 4.79 Å². The van der Waals surface area contributed by atoms with Gasteiger partial charge < -0.3 is 5.32 Å². The summed E-state index contributed by atoms with van der Waals surface area (Å²) in [7, 11) is 0. The SMILES string of the molecule is Cc1cc(C)c(NC(=O)c2ccnn2Cc2ccccc2)cn1. The first-order valence-corrected chi connectivity index (χ1v) is 7.44. The van der Waals surface area contributed by atoms with E-state index in [2.05, 4.69) is 15.4 Å². The fraction of sp³-hybridized carbons (Fsp3) is 0.167. The summed E-state index contributed by atoms with van der Waals surface area (Å²) in [5.74, 6) is -0.188. The molecular formula is C18H18N4O. The maximum Gasteiger partial charge on any atom is 0.273 e. The molecule has 1 N–H and O–H groups in total. The zero-order valence-corrected chi connectivity index (χ0v) is 13.2. The smallest absolute Gasteiger partial charge is 0.273 e. The van der Waals surface area contributed by atoms with E-state index in [0.717, 1.165) is 16.8 Å². The Morgan fingerprint density at radius 3 is 2.70 bits per heavy atom. The molecule has 1 aromatic carbocycles. The second-order valence-electron chi connectivity index (χ2n) is 5.45. The second kappa shape index (κ2) is 6.44. The average Bonchev–Trinajstić information content (AvgIpc) is 2.99. The number of benzene rings is 1. The summed E-state index contributed by atoms with van der Waals surface area (Å²) in [6, 6.07) is 13.6. The Balaban J connectivity index is 1.79. The molecule has 0 aliphatic rings. The molecule has 5 nitrogen and oxygen atoms in total. The van der Waals surface area contributed by atoms with Crippen LogP contribution in [0.3, 0.4) is 0 Å². The van der Waals surface area contributed by atoms with Gasteiger partial charge in [0.1, 0.15) is 5.69 Å². The van der Waals surface area contributed by atoms with Gasteiger partial charge >= 0.3 is 0 Å². The molecular weight excluding hydrogens is 288 g/mol. The number of carbonyl (C=O) groups is 1. The van der Waals surface area contributed by atoms with E-state index >= 15 is 0 Å². The number of nitrogens with zero attached hydrogens (tertiary/aromatic N) is 3. The monoisotopic (exact) mass is 306 g/mol. The Morgan fingerprint density at radius 2 is 1.96 bits per heavy atom. The number of pyridine rings is 1. The van der Waals surface area contributed by atoms with Crippen molar-refractivity contribution >= 4 is 11.6 Å². The van der Waals surface area contributed by atoms with Crippen LogP contribution in [0.4, 0.5) is 5.69 Å². The number of hydrogen-bond donors (Lipinski definition) is 1. The molecule has 5 heteroatoms. The highest BCUT2D eigenvalue weighted by molar-refractivity contribution is 6.03. The van der Waals surface area contributed by atoms with Gasteiger partial charge in [-0.2, -0.15) is 5.10 Å². The van der Waals surface area contributed by atoms with Crippen LogP contribution in [0.5, 0.6) is 0 Å². The standard InChI is InChI=1S/C18H18N4O/c1-13-10-14(2)19-11-16(13)21-18(23)17-8-9-20-22(17)12-15-6-4-3-5-7-15/h3-11H,12H2,1-2H3,(H,21,23). The molecule has 116 valence electrons. The average molecular weight is 306 g/mol. The summed E-state index contributed by atoms with van der Waals surface area (Å²) in [4.78, 5) is 16.8. The molecule has 0 saturated heterocycles. The summed E-state index contributed by atoms with van der Waals surface area (Å²) in [5.41, 5.74) is 4.25. The van der Waals surface area contributed by atoms with Gasteiger partial charge in [0.2, 0.25) is 0 Å². The normalized spacial score (nSPS) is 10.5. The van der Waals surface area contributed by atoms with Crippen LogP contribution in [0.25, 0.3) is 0 Å². The van der Waals surface area contributed by atoms with Crippen LogP contribution >= 0.6 is 0 Å². The molecule has 2 heterocycles. The lowest BCUT2D eigenvalue weighted by molar-refractivity contribution is 0.101. The molecule has 0 saturated carbocycles. The minimum absolute atomic E-state index is 0.188. The van der Waals surface area contributed by atoms with Crippen LogP contribution < -0.4 is 5.32 Å². The molecule has 0 aliphatic heterocycles. The van der Waals surface area contributed by atoms with Gasteiger partial charge in [0.25, 0.3) is 5.91 Å². The maximum atomic E-state index is 12.5. The number of rotatable bonds is 4. The van der Waals surface area contributed by atoms with E-state index in [1.807, 2.05) is 50.2 Å². The Bertz CT molecular complexity index is 824. The molecule has 0 unspecified atom stereocenters. The van der Waals surface area contributed by atoms with Gasteiger partial charge in [-0.25, -0.2) is 0 Å². The molecule has 0 aliphatic carbocycles. The minimum Gasteiger partial charge on any atom is -0.319 e. The highest BCUT2D eigenvalue weighted by Gasteiger charge is 2.13.